The van der Waals surface area contributed by atoms with Gasteiger partial charge in [-0.2, -0.15) is 0 Å². The Morgan fingerprint density at radius 1 is 1.36 bits per heavy atom. The molecule has 0 aliphatic heterocycles. The number of aryl methyl sites for hydroxylation is 2. The van der Waals surface area contributed by atoms with Gasteiger partial charge >= 0.3 is 5.97 Å². The smallest absolute Gasteiger partial charge is 0.348 e. The Morgan fingerprint density at radius 2 is 2.05 bits per heavy atom. The highest BCUT2D eigenvalue weighted by atomic mass is 32.1. The first-order valence-corrected chi connectivity index (χ1v) is 8.32. The summed E-state index contributed by atoms with van der Waals surface area (Å²) in [5, 5.41) is 0.534. The van der Waals surface area contributed by atoms with Gasteiger partial charge in [-0.05, 0) is 38.7 Å². The lowest BCUT2D eigenvalue weighted by molar-refractivity contribution is 0.0383. The number of thiophene rings is 1. The molecule has 0 spiro atoms. The molecule has 2 rings (SSSR count). The van der Waals surface area contributed by atoms with Crippen molar-refractivity contribution in [3.63, 3.8) is 0 Å². The van der Waals surface area contributed by atoms with Crippen LogP contribution < -0.4 is 5.56 Å². The summed E-state index contributed by atoms with van der Waals surface area (Å²) in [6.45, 7) is 10.3. The van der Waals surface area contributed by atoms with E-state index in [0.717, 1.165) is 6.42 Å². The van der Waals surface area contributed by atoms with Gasteiger partial charge in [0.2, 0.25) is 0 Å². The summed E-state index contributed by atoms with van der Waals surface area (Å²) < 4.78 is 6.86. The Hall–Kier alpha value is -1.69. The molecule has 22 heavy (non-hydrogen) atoms. The van der Waals surface area contributed by atoms with E-state index >= 15 is 0 Å². The third-order valence-electron chi connectivity index (χ3n) is 3.39. The van der Waals surface area contributed by atoms with Gasteiger partial charge in [-0.15, -0.1) is 11.3 Å². The first-order chi connectivity index (χ1) is 10.3. The summed E-state index contributed by atoms with van der Waals surface area (Å²) in [5.41, 5.74) is 0.588. The minimum Gasteiger partial charge on any atom is -0.459 e. The predicted molar refractivity (Wildman–Crippen MR) is 88.6 cm³/mol. The topological polar surface area (TPSA) is 61.2 Å². The normalized spacial score (nSPS) is 11.6. The highest BCUT2D eigenvalue weighted by molar-refractivity contribution is 7.20. The molecule has 0 atom stereocenters. The van der Waals surface area contributed by atoms with Crippen molar-refractivity contribution < 1.29 is 9.53 Å². The van der Waals surface area contributed by atoms with E-state index in [1.165, 1.54) is 11.3 Å². The maximum absolute atomic E-state index is 12.6. The number of esters is 1. The summed E-state index contributed by atoms with van der Waals surface area (Å²) in [6.07, 6.45) is 2.30. The number of hydrogen-bond acceptors (Lipinski definition) is 5. The van der Waals surface area contributed by atoms with Crippen molar-refractivity contribution in [1.29, 1.82) is 0 Å². The van der Waals surface area contributed by atoms with Crippen LogP contribution in [-0.4, -0.2) is 21.6 Å². The van der Waals surface area contributed by atoms with E-state index in [9.17, 15) is 9.59 Å². The third-order valence-corrected chi connectivity index (χ3v) is 4.57. The Labute approximate surface area is 133 Å². The number of carbonyl (C=O) groups is 1. The van der Waals surface area contributed by atoms with Crippen LogP contribution in [0.25, 0.3) is 10.2 Å². The van der Waals surface area contributed by atoms with E-state index in [0.29, 0.717) is 33.1 Å². The van der Waals surface area contributed by atoms with Gasteiger partial charge in [-0.25, -0.2) is 9.78 Å². The van der Waals surface area contributed by atoms with Gasteiger partial charge in [0.25, 0.3) is 5.56 Å². The van der Waals surface area contributed by atoms with Crippen molar-refractivity contribution in [1.82, 2.24) is 9.55 Å². The summed E-state index contributed by atoms with van der Waals surface area (Å²) in [7, 11) is 0. The monoisotopic (exact) mass is 322 g/mol. The molecule has 0 saturated heterocycles. The summed E-state index contributed by atoms with van der Waals surface area (Å²) in [4.78, 5) is 30.1. The predicted octanol–water partition coefficient (Wildman–Crippen LogP) is 3.38. The fraction of sp³-hybridized carbons (Fsp3) is 0.562. The first kappa shape index (κ1) is 16.7. The quantitative estimate of drug-likeness (QED) is 0.792. The second-order valence-electron chi connectivity index (χ2n) is 6.12. The first-order valence-electron chi connectivity index (χ1n) is 7.50. The van der Waals surface area contributed by atoms with Gasteiger partial charge in [0.1, 0.15) is 9.71 Å². The second kappa shape index (κ2) is 6.60. The molecule has 5 nitrogen and oxygen atoms in total. The van der Waals surface area contributed by atoms with Gasteiger partial charge < -0.3 is 4.74 Å². The Morgan fingerprint density at radius 3 is 2.64 bits per heavy atom. The van der Waals surface area contributed by atoms with Crippen LogP contribution in [0, 0.1) is 12.8 Å². The standard InChI is InChI=1S/C16H22N2O3S/c1-9(2)6-7-18-8-17-14-12(15(18)19)11(5)13(22-14)16(20)21-10(3)4/h8-10H,6-7H2,1-5H3. The molecule has 0 N–H and O–H groups in total. The van der Waals surface area contributed by atoms with E-state index in [-0.39, 0.29) is 17.6 Å². The van der Waals surface area contributed by atoms with Crippen LogP contribution in [0.2, 0.25) is 0 Å². The molecular weight excluding hydrogens is 300 g/mol. The number of nitrogens with zero attached hydrogens (tertiary/aromatic N) is 2. The fourth-order valence-corrected chi connectivity index (χ4v) is 3.20. The molecule has 0 bridgehead atoms. The molecule has 0 unspecified atom stereocenters. The van der Waals surface area contributed by atoms with E-state index < -0.39 is 0 Å². The Kier molecular flexibility index (Phi) is 5.01. The zero-order chi connectivity index (χ0) is 16.4. The number of ether oxygens (including phenoxy) is 1. The lowest BCUT2D eigenvalue weighted by atomic mass is 10.1. The Bertz CT molecular complexity index is 744. The van der Waals surface area contributed by atoms with E-state index in [1.54, 1.807) is 31.7 Å². The van der Waals surface area contributed by atoms with Crippen molar-refractivity contribution in [3.8, 4) is 0 Å². The van der Waals surface area contributed by atoms with Gasteiger partial charge in [-0.1, -0.05) is 13.8 Å². The molecular formula is C16H22N2O3S. The average molecular weight is 322 g/mol. The maximum Gasteiger partial charge on any atom is 0.348 e. The van der Waals surface area contributed by atoms with Crippen molar-refractivity contribution >= 4 is 27.5 Å². The van der Waals surface area contributed by atoms with Crippen LogP contribution in [0.4, 0.5) is 0 Å². The summed E-state index contributed by atoms with van der Waals surface area (Å²) in [6, 6.07) is 0. The molecule has 0 fully saturated rings. The number of rotatable bonds is 5. The van der Waals surface area contributed by atoms with Crippen molar-refractivity contribution in [2.75, 3.05) is 0 Å². The number of carbonyl (C=O) groups excluding carboxylic acids is 1. The van der Waals surface area contributed by atoms with Crippen LogP contribution in [0.5, 0.6) is 0 Å². The number of hydrogen-bond donors (Lipinski definition) is 0. The zero-order valence-electron chi connectivity index (χ0n) is 13.7. The molecule has 0 saturated carbocycles. The second-order valence-corrected chi connectivity index (χ2v) is 7.12. The summed E-state index contributed by atoms with van der Waals surface area (Å²) >= 11 is 1.22. The molecule has 2 aromatic heterocycles. The highest BCUT2D eigenvalue weighted by Gasteiger charge is 2.21. The van der Waals surface area contributed by atoms with Crippen molar-refractivity contribution in [2.24, 2.45) is 5.92 Å². The molecule has 0 radical (unpaired) electrons. The van der Waals surface area contributed by atoms with E-state index in [1.807, 2.05) is 0 Å². The largest absolute Gasteiger partial charge is 0.459 e. The van der Waals surface area contributed by atoms with E-state index in [2.05, 4.69) is 18.8 Å². The Balaban J connectivity index is 2.45. The molecule has 0 aliphatic carbocycles. The van der Waals surface area contributed by atoms with Crippen LogP contribution in [0.15, 0.2) is 11.1 Å². The van der Waals surface area contributed by atoms with E-state index in [4.69, 9.17) is 4.74 Å². The third kappa shape index (κ3) is 3.38. The highest BCUT2D eigenvalue weighted by Crippen LogP contribution is 2.27. The maximum atomic E-state index is 12.6. The molecule has 6 heteroatoms. The fourth-order valence-electron chi connectivity index (χ4n) is 2.18. The van der Waals surface area contributed by atoms with Crippen LogP contribution in [-0.2, 0) is 11.3 Å². The van der Waals surface area contributed by atoms with Gasteiger partial charge in [0, 0.05) is 6.54 Å². The number of fused-ring (bicyclic) bond motifs is 1. The van der Waals surface area contributed by atoms with Crippen molar-refractivity contribution in [2.45, 2.75) is 53.7 Å². The van der Waals surface area contributed by atoms with Crippen LogP contribution in [0.1, 0.15) is 49.4 Å². The summed E-state index contributed by atoms with van der Waals surface area (Å²) in [5.74, 6) is 0.131. The van der Waals surface area contributed by atoms with Gasteiger partial charge in [-0.3, -0.25) is 9.36 Å². The molecule has 120 valence electrons. The van der Waals surface area contributed by atoms with Crippen molar-refractivity contribution in [3.05, 3.63) is 27.1 Å². The lowest BCUT2D eigenvalue weighted by Crippen LogP contribution is -2.21. The lowest BCUT2D eigenvalue weighted by Gasteiger charge is -2.07. The number of aromatic nitrogens is 2. The minimum atomic E-state index is -0.386. The molecule has 0 aliphatic rings. The van der Waals surface area contributed by atoms with Gasteiger partial charge in [0.15, 0.2) is 0 Å². The minimum absolute atomic E-state index is 0.0806. The molecule has 0 amide bonds. The van der Waals surface area contributed by atoms with Gasteiger partial charge in [0.05, 0.1) is 17.8 Å². The molecule has 2 aromatic rings. The molecule has 2 heterocycles. The average Bonchev–Trinajstić information content (AvgIpc) is 2.75. The SMILES string of the molecule is Cc1c(C(=O)OC(C)C)sc2ncn(CCC(C)C)c(=O)c12. The molecule has 0 aromatic carbocycles. The van der Waals surface area contributed by atoms with Crippen LogP contribution >= 0.6 is 11.3 Å². The van der Waals surface area contributed by atoms with Crippen LogP contribution in [0.3, 0.4) is 0 Å². The zero-order valence-corrected chi connectivity index (χ0v) is 14.5.